The van der Waals surface area contributed by atoms with Crippen molar-refractivity contribution in [3.8, 4) is 0 Å². The van der Waals surface area contributed by atoms with Gasteiger partial charge in [0, 0.05) is 5.56 Å². The number of carbonyl (C=O) groups excluding carboxylic acids is 2. The van der Waals surface area contributed by atoms with Gasteiger partial charge >= 0.3 is 0 Å². The summed E-state index contributed by atoms with van der Waals surface area (Å²) in [4.78, 5) is 23.3. The van der Waals surface area contributed by atoms with Crippen molar-refractivity contribution in [3.63, 3.8) is 0 Å². The Bertz CT molecular complexity index is 462. The third kappa shape index (κ3) is 1.67. The van der Waals surface area contributed by atoms with Crippen LogP contribution in [0.5, 0.6) is 0 Å². The molecule has 0 saturated heterocycles. The van der Waals surface area contributed by atoms with Gasteiger partial charge in [0.1, 0.15) is 0 Å². The molecule has 0 saturated carbocycles. The van der Waals surface area contributed by atoms with Gasteiger partial charge in [-0.15, -0.1) is 0 Å². The first-order chi connectivity index (χ1) is 7.78. The number of aldehydes is 1. The first-order valence-electron chi connectivity index (χ1n) is 4.97. The van der Waals surface area contributed by atoms with Gasteiger partial charge in [-0.1, -0.05) is 36.4 Å². The highest BCUT2D eigenvalue weighted by Gasteiger charge is 2.35. The fraction of sp³-hybridized carbons (Fsp3) is 0.0769. The number of allylic oxidation sites excluding steroid dienone is 2. The average molecular weight is 213 g/mol. The van der Waals surface area contributed by atoms with Gasteiger partial charge in [-0.2, -0.15) is 0 Å². The van der Waals surface area contributed by atoms with Crippen LogP contribution in [0.15, 0.2) is 54.8 Å². The maximum Gasteiger partial charge on any atom is 0.199 e. The van der Waals surface area contributed by atoms with E-state index in [-0.39, 0.29) is 5.78 Å². The van der Waals surface area contributed by atoms with E-state index < -0.39 is 5.54 Å². The summed E-state index contributed by atoms with van der Waals surface area (Å²) in [6.45, 7) is 0. The van der Waals surface area contributed by atoms with E-state index in [4.69, 9.17) is 0 Å². The van der Waals surface area contributed by atoms with Gasteiger partial charge in [-0.3, -0.25) is 9.59 Å². The van der Waals surface area contributed by atoms with E-state index >= 15 is 0 Å². The molecule has 1 atom stereocenters. The molecule has 0 amide bonds. The van der Waals surface area contributed by atoms with E-state index in [9.17, 15) is 9.59 Å². The van der Waals surface area contributed by atoms with Crippen molar-refractivity contribution in [1.82, 2.24) is 5.32 Å². The molecule has 1 N–H and O–H groups in total. The Morgan fingerprint density at radius 3 is 2.50 bits per heavy atom. The number of dihydropyridines is 1. The van der Waals surface area contributed by atoms with Crippen molar-refractivity contribution >= 4 is 12.1 Å². The molecule has 0 fully saturated rings. The van der Waals surface area contributed by atoms with Gasteiger partial charge in [-0.05, 0) is 18.4 Å². The minimum Gasteiger partial charge on any atom is -0.370 e. The topological polar surface area (TPSA) is 46.2 Å². The summed E-state index contributed by atoms with van der Waals surface area (Å²) in [7, 11) is 0. The minimum absolute atomic E-state index is 0.247. The molecule has 3 heteroatoms. The molecule has 1 aliphatic heterocycles. The van der Waals surface area contributed by atoms with Crippen LogP contribution in [-0.4, -0.2) is 17.6 Å². The van der Waals surface area contributed by atoms with Gasteiger partial charge in [0.2, 0.25) is 0 Å². The van der Waals surface area contributed by atoms with Crippen molar-refractivity contribution in [2.24, 2.45) is 0 Å². The lowest BCUT2D eigenvalue weighted by Gasteiger charge is -2.25. The summed E-state index contributed by atoms with van der Waals surface area (Å²) in [5.41, 5.74) is -0.738. The fourth-order valence-corrected chi connectivity index (χ4v) is 1.59. The largest absolute Gasteiger partial charge is 0.370 e. The van der Waals surface area contributed by atoms with Crippen LogP contribution in [0.25, 0.3) is 0 Å². The molecule has 1 unspecified atom stereocenters. The number of carbonyl (C=O) groups is 2. The Morgan fingerprint density at radius 2 is 1.94 bits per heavy atom. The number of benzene rings is 1. The number of ketones is 1. The lowest BCUT2D eigenvalue weighted by atomic mass is 9.89. The molecule has 3 nitrogen and oxygen atoms in total. The lowest BCUT2D eigenvalue weighted by Crippen LogP contribution is -2.50. The highest BCUT2D eigenvalue weighted by atomic mass is 16.1. The van der Waals surface area contributed by atoms with E-state index in [1.165, 1.54) is 0 Å². The Balaban J connectivity index is 2.37. The number of hydrogen-bond donors (Lipinski definition) is 1. The fourth-order valence-electron chi connectivity index (χ4n) is 1.59. The molecule has 1 heterocycles. The van der Waals surface area contributed by atoms with E-state index in [0.29, 0.717) is 11.8 Å². The van der Waals surface area contributed by atoms with Gasteiger partial charge in [-0.25, -0.2) is 0 Å². The van der Waals surface area contributed by atoms with Crippen molar-refractivity contribution < 1.29 is 9.59 Å². The second kappa shape index (κ2) is 4.14. The van der Waals surface area contributed by atoms with E-state index in [0.717, 1.165) is 0 Å². The highest BCUT2D eigenvalue weighted by Crippen LogP contribution is 2.15. The Hall–Kier alpha value is -2.16. The number of hydrogen-bond acceptors (Lipinski definition) is 3. The molecule has 0 aliphatic carbocycles. The molecule has 2 rings (SSSR count). The van der Waals surface area contributed by atoms with Crippen LogP contribution in [0.2, 0.25) is 0 Å². The Labute approximate surface area is 93.5 Å². The van der Waals surface area contributed by atoms with E-state index in [2.05, 4.69) is 5.32 Å². The van der Waals surface area contributed by atoms with Crippen LogP contribution in [0.4, 0.5) is 0 Å². The third-order valence-electron chi connectivity index (χ3n) is 2.49. The molecular formula is C13H11NO2. The third-order valence-corrected chi connectivity index (χ3v) is 2.49. The predicted octanol–water partition coefficient (Wildman–Crippen LogP) is 1.48. The van der Waals surface area contributed by atoms with Crippen LogP contribution in [0, 0.1) is 0 Å². The Kier molecular flexibility index (Phi) is 2.68. The lowest BCUT2D eigenvalue weighted by molar-refractivity contribution is -0.110. The van der Waals surface area contributed by atoms with Crippen LogP contribution in [0.1, 0.15) is 10.4 Å². The summed E-state index contributed by atoms with van der Waals surface area (Å²) in [6, 6.07) is 8.76. The molecular weight excluding hydrogens is 202 g/mol. The van der Waals surface area contributed by atoms with Gasteiger partial charge in [0.15, 0.2) is 17.6 Å². The second-order valence-corrected chi connectivity index (χ2v) is 3.54. The van der Waals surface area contributed by atoms with Crippen molar-refractivity contribution in [2.45, 2.75) is 5.54 Å². The van der Waals surface area contributed by atoms with Crippen LogP contribution < -0.4 is 5.32 Å². The van der Waals surface area contributed by atoms with E-state index in [1.807, 2.05) is 6.07 Å². The molecule has 1 aliphatic rings. The first-order valence-corrected chi connectivity index (χ1v) is 4.97. The standard InChI is InChI=1S/C13H11NO2/c15-10-13(8-4-5-9-14-13)12(16)11-6-2-1-3-7-11/h1-10,14H. The maximum atomic E-state index is 12.2. The average Bonchev–Trinajstić information content (AvgIpc) is 2.39. The number of rotatable bonds is 3. The number of Topliss-reactive ketones (excluding diaryl/α,β-unsaturated/α-hetero) is 1. The molecule has 1 aromatic carbocycles. The molecule has 80 valence electrons. The number of nitrogens with one attached hydrogen (secondary N) is 1. The molecule has 0 radical (unpaired) electrons. The zero-order valence-electron chi connectivity index (χ0n) is 8.59. The van der Waals surface area contributed by atoms with Crippen molar-refractivity contribution in [2.75, 3.05) is 0 Å². The summed E-state index contributed by atoms with van der Waals surface area (Å²) >= 11 is 0. The summed E-state index contributed by atoms with van der Waals surface area (Å²) in [6.07, 6.45) is 7.21. The van der Waals surface area contributed by atoms with Crippen LogP contribution in [-0.2, 0) is 4.79 Å². The SMILES string of the molecule is O=CC1(C(=O)c2ccccc2)C=CC=CN1. The smallest absolute Gasteiger partial charge is 0.199 e. The van der Waals surface area contributed by atoms with Gasteiger partial charge < -0.3 is 5.32 Å². The van der Waals surface area contributed by atoms with Crippen LogP contribution >= 0.6 is 0 Å². The maximum absolute atomic E-state index is 12.2. The Morgan fingerprint density at radius 1 is 1.19 bits per heavy atom. The monoisotopic (exact) mass is 213 g/mol. The second-order valence-electron chi connectivity index (χ2n) is 3.54. The molecule has 0 aromatic heterocycles. The highest BCUT2D eigenvalue weighted by molar-refractivity contribution is 6.14. The zero-order valence-corrected chi connectivity index (χ0v) is 8.59. The molecule has 0 spiro atoms. The van der Waals surface area contributed by atoms with Crippen LogP contribution in [0.3, 0.4) is 0 Å². The molecule has 16 heavy (non-hydrogen) atoms. The van der Waals surface area contributed by atoms with Crippen molar-refractivity contribution in [1.29, 1.82) is 0 Å². The first kappa shape index (κ1) is 10.4. The van der Waals surface area contributed by atoms with Crippen molar-refractivity contribution in [3.05, 3.63) is 60.3 Å². The summed E-state index contributed by atoms with van der Waals surface area (Å²) in [5.74, 6) is -0.247. The quantitative estimate of drug-likeness (QED) is 0.470. The predicted molar refractivity (Wildman–Crippen MR) is 61.0 cm³/mol. The normalized spacial score (nSPS) is 22.5. The van der Waals surface area contributed by atoms with Gasteiger partial charge in [0.25, 0.3) is 0 Å². The molecule has 1 aromatic rings. The molecule has 0 bridgehead atoms. The van der Waals surface area contributed by atoms with E-state index in [1.54, 1.807) is 48.7 Å². The summed E-state index contributed by atoms with van der Waals surface area (Å²) in [5, 5.41) is 2.80. The minimum atomic E-state index is -1.25. The zero-order chi connectivity index (χ0) is 11.4. The van der Waals surface area contributed by atoms with Gasteiger partial charge in [0.05, 0.1) is 0 Å². The summed E-state index contributed by atoms with van der Waals surface area (Å²) < 4.78 is 0.